The molecule has 0 aliphatic heterocycles. The van der Waals surface area contributed by atoms with Crippen LogP contribution in [0.25, 0.3) is 0 Å². The van der Waals surface area contributed by atoms with Crippen molar-refractivity contribution in [1.82, 2.24) is 4.72 Å². The zero-order valence-corrected chi connectivity index (χ0v) is 14.4. The molecule has 1 atom stereocenters. The maximum Gasteiger partial charge on any atom is 0.240 e. The Hall–Kier alpha value is -0.910. The number of aliphatic hydroxyl groups is 1. The lowest BCUT2D eigenvalue weighted by molar-refractivity contribution is 0.263. The molecule has 0 aliphatic rings. The summed E-state index contributed by atoms with van der Waals surface area (Å²) in [6, 6.07) is 5.59. The van der Waals surface area contributed by atoms with Crippen LogP contribution in [0.4, 0.5) is 0 Å². The summed E-state index contributed by atoms with van der Waals surface area (Å²) in [7, 11) is -3.52. The van der Waals surface area contributed by atoms with Gasteiger partial charge in [-0.05, 0) is 41.9 Å². The summed E-state index contributed by atoms with van der Waals surface area (Å²) >= 11 is 0. The van der Waals surface area contributed by atoms with E-state index < -0.39 is 10.0 Å². The highest BCUT2D eigenvalue weighted by Gasteiger charge is 2.21. The van der Waals surface area contributed by atoms with E-state index in [9.17, 15) is 8.42 Å². The molecule has 2 N–H and O–H groups in total. The molecule has 0 aromatic heterocycles. The van der Waals surface area contributed by atoms with E-state index >= 15 is 0 Å². The molecule has 0 radical (unpaired) electrons. The second-order valence-corrected chi connectivity index (χ2v) is 8.44. The van der Waals surface area contributed by atoms with Crippen LogP contribution in [0.1, 0.15) is 45.2 Å². The van der Waals surface area contributed by atoms with Gasteiger partial charge in [-0.15, -0.1) is 0 Å². The van der Waals surface area contributed by atoms with Crippen LogP contribution in [0.15, 0.2) is 23.1 Å². The highest BCUT2D eigenvalue weighted by molar-refractivity contribution is 7.89. The van der Waals surface area contributed by atoms with Crippen molar-refractivity contribution in [2.45, 2.75) is 51.3 Å². The molecular weight excluding hydrogens is 286 g/mol. The Morgan fingerprint density at radius 1 is 1.29 bits per heavy atom. The fourth-order valence-electron chi connectivity index (χ4n) is 2.01. The summed E-state index contributed by atoms with van der Waals surface area (Å²) in [5.74, 6) is 0.107. The second-order valence-electron chi connectivity index (χ2n) is 6.70. The smallest absolute Gasteiger partial charge is 0.240 e. The van der Waals surface area contributed by atoms with Crippen LogP contribution in [0.3, 0.4) is 0 Å². The third kappa shape index (κ3) is 5.09. The number of benzene rings is 1. The van der Waals surface area contributed by atoms with Crippen molar-refractivity contribution in [3.63, 3.8) is 0 Å². The van der Waals surface area contributed by atoms with E-state index in [4.69, 9.17) is 5.11 Å². The van der Waals surface area contributed by atoms with Gasteiger partial charge >= 0.3 is 0 Å². The number of rotatable bonds is 6. The molecule has 5 heteroatoms. The molecule has 0 heterocycles. The molecule has 0 saturated heterocycles. The SMILES string of the molecule is Cc1ccc(C(C)(C)C)cc1S(=O)(=O)NCC(C)CCO. The lowest BCUT2D eigenvalue weighted by Gasteiger charge is -2.21. The Balaban J connectivity index is 3.02. The normalized spacial score (nSPS) is 14.2. The number of aryl methyl sites for hydroxylation is 1. The van der Waals surface area contributed by atoms with Crippen LogP contribution in [0.2, 0.25) is 0 Å². The van der Waals surface area contributed by atoms with E-state index in [-0.39, 0.29) is 17.9 Å². The van der Waals surface area contributed by atoms with Gasteiger partial charge in [0.25, 0.3) is 0 Å². The van der Waals surface area contributed by atoms with Crippen LogP contribution in [0, 0.1) is 12.8 Å². The molecule has 0 spiro atoms. The molecule has 0 bridgehead atoms. The number of nitrogens with one attached hydrogen (secondary N) is 1. The largest absolute Gasteiger partial charge is 0.396 e. The number of aliphatic hydroxyl groups excluding tert-OH is 1. The van der Waals surface area contributed by atoms with Gasteiger partial charge in [0.2, 0.25) is 10.0 Å². The van der Waals surface area contributed by atoms with Gasteiger partial charge in [-0.25, -0.2) is 13.1 Å². The van der Waals surface area contributed by atoms with Gasteiger partial charge < -0.3 is 5.11 Å². The van der Waals surface area contributed by atoms with E-state index in [1.165, 1.54) is 0 Å². The van der Waals surface area contributed by atoms with Crippen molar-refractivity contribution in [2.24, 2.45) is 5.92 Å². The van der Waals surface area contributed by atoms with E-state index in [0.717, 1.165) is 11.1 Å². The van der Waals surface area contributed by atoms with Gasteiger partial charge in [0, 0.05) is 13.2 Å². The van der Waals surface area contributed by atoms with Crippen LogP contribution in [-0.4, -0.2) is 26.7 Å². The first-order valence-electron chi connectivity index (χ1n) is 7.29. The van der Waals surface area contributed by atoms with Gasteiger partial charge in [0.1, 0.15) is 0 Å². The standard InChI is InChI=1S/C16H27NO3S/c1-12(8-9-18)11-17-21(19,20)15-10-14(16(3,4)5)7-6-13(15)2/h6-7,10,12,17-18H,8-9,11H2,1-5H3. The van der Waals surface area contributed by atoms with Crippen molar-refractivity contribution in [1.29, 1.82) is 0 Å². The van der Waals surface area contributed by atoms with Gasteiger partial charge in [-0.3, -0.25) is 0 Å². The van der Waals surface area contributed by atoms with Crippen LogP contribution < -0.4 is 4.72 Å². The van der Waals surface area contributed by atoms with E-state index in [1.54, 1.807) is 13.0 Å². The molecule has 0 amide bonds. The maximum absolute atomic E-state index is 12.5. The average Bonchev–Trinajstić information content (AvgIpc) is 2.36. The lowest BCUT2D eigenvalue weighted by atomic mass is 9.87. The molecular formula is C16H27NO3S. The van der Waals surface area contributed by atoms with Crippen molar-refractivity contribution >= 4 is 10.0 Å². The van der Waals surface area contributed by atoms with Crippen LogP contribution >= 0.6 is 0 Å². The summed E-state index contributed by atoms with van der Waals surface area (Å²) in [6.45, 7) is 10.3. The van der Waals surface area contributed by atoms with E-state index in [0.29, 0.717) is 17.9 Å². The molecule has 1 aromatic rings. The van der Waals surface area contributed by atoms with Gasteiger partial charge in [0.15, 0.2) is 0 Å². The van der Waals surface area contributed by atoms with E-state index in [1.807, 2.05) is 19.1 Å². The lowest BCUT2D eigenvalue weighted by Crippen LogP contribution is -2.29. The Morgan fingerprint density at radius 3 is 2.43 bits per heavy atom. The minimum Gasteiger partial charge on any atom is -0.396 e. The average molecular weight is 313 g/mol. The summed E-state index contributed by atoms with van der Waals surface area (Å²) < 4.78 is 27.6. The molecule has 1 rings (SSSR count). The summed E-state index contributed by atoms with van der Waals surface area (Å²) in [6.07, 6.45) is 0.587. The molecule has 0 fully saturated rings. The molecule has 0 saturated carbocycles. The Kier molecular flexibility index (Phi) is 5.96. The highest BCUT2D eigenvalue weighted by Crippen LogP contribution is 2.26. The molecule has 120 valence electrons. The van der Waals surface area contributed by atoms with Gasteiger partial charge in [-0.1, -0.05) is 39.8 Å². The fourth-order valence-corrected chi connectivity index (χ4v) is 3.44. The minimum absolute atomic E-state index is 0.0709. The predicted molar refractivity (Wildman–Crippen MR) is 85.9 cm³/mol. The molecule has 0 aliphatic carbocycles. The van der Waals surface area contributed by atoms with Gasteiger partial charge in [0.05, 0.1) is 4.90 Å². The number of hydrogen-bond acceptors (Lipinski definition) is 3. The molecule has 21 heavy (non-hydrogen) atoms. The first-order chi connectivity index (χ1) is 9.58. The first kappa shape index (κ1) is 18.1. The van der Waals surface area contributed by atoms with Crippen LogP contribution in [-0.2, 0) is 15.4 Å². The summed E-state index contributed by atoms with van der Waals surface area (Å²) in [5.41, 5.74) is 1.64. The van der Waals surface area contributed by atoms with Crippen molar-refractivity contribution < 1.29 is 13.5 Å². The van der Waals surface area contributed by atoms with Crippen molar-refractivity contribution in [3.05, 3.63) is 29.3 Å². The second kappa shape index (κ2) is 6.90. The Bertz CT molecular complexity index is 574. The predicted octanol–water partition coefficient (Wildman–Crippen LogP) is 2.59. The Morgan fingerprint density at radius 2 is 1.90 bits per heavy atom. The molecule has 4 nitrogen and oxygen atoms in total. The monoisotopic (exact) mass is 313 g/mol. The zero-order valence-electron chi connectivity index (χ0n) is 13.6. The zero-order chi connectivity index (χ0) is 16.3. The van der Waals surface area contributed by atoms with Gasteiger partial charge in [-0.2, -0.15) is 0 Å². The molecule has 1 aromatic carbocycles. The minimum atomic E-state index is -3.52. The maximum atomic E-state index is 12.5. The van der Waals surface area contributed by atoms with Crippen molar-refractivity contribution in [2.75, 3.05) is 13.2 Å². The highest BCUT2D eigenvalue weighted by atomic mass is 32.2. The fraction of sp³-hybridized carbons (Fsp3) is 0.625. The number of hydrogen-bond donors (Lipinski definition) is 2. The first-order valence-corrected chi connectivity index (χ1v) is 8.78. The van der Waals surface area contributed by atoms with Crippen molar-refractivity contribution in [3.8, 4) is 0 Å². The third-order valence-corrected chi connectivity index (χ3v) is 5.15. The summed E-state index contributed by atoms with van der Waals surface area (Å²) in [4.78, 5) is 0.339. The third-order valence-electron chi connectivity index (χ3n) is 3.59. The topological polar surface area (TPSA) is 66.4 Å². The van der Waals surface area contributed by atoms with E-state index in [2.05, 4.69) is 25.5 Å². The summed E-state index contributed by atoms with van der Waals surface area (Å²) in [5, 5.41) is 8.88. The quantitative estimate of drug-likeness (QED) is 0.848. The molecule has 1 unspecified atom stereocenters. The Labute approximate surface area is 128 Å². The number of sulfonamides is 1. The van der Waals surface area contributed by atoms with Crippen LogP contribution in [0.5, 0.6) is 0 Å².